The fraction of sp³-hybridized carbons (Fsp3) is 0.400. The number of aliphatic hydroxyl groups excluding tert-OH is 1. The number of alkyl halides is 1. The van der Waals surface area contributed by atoms with Crippen molar-refractivity contribution in [1.29, 1.82) is 0 Å². The van der Waals surface area contributed by atoms with Crippen molar-refractivity contribution >= 4 is 22.6 Å². The highest BCUT2D eigenvalue weighted by atomic mass is 127. The zero-order valence-electron chi connectivity index (χ0n) is 8.41. The molecule has 1 atom stereocenters. The number of benzene rings is 1. The first kappa shape index (κ1) is 12.9. The highest BCUT2D eigenvalue weighted by molar-refractivity contribution is 14.1. The largest absolute Gasteiger partial charge is 0.396 e. The van der Waals surface area contributed by atoms with Gasteiger partial charge < -0.3 is 5.11 Å². The minimum atomic E-state index is -0.281. The van der Waals surface area contributed by atoms with Gasteiger partial charge in [0.05, 0.1) is 0 Å². The third-order valence-corrected chi connectivity index (χ3v) is 3.61. The van der Waals surface area contributed by atoms with E-state index in [4.69, 9.17) is 10.9 Å². The van der Waals surface area contributed by atoms with Gasteiger partial charge in [0.15, 0.2) is 0 Å². The maximum atomic E-state index is 8.86. The van der Waals surface area contributed by atoms with Gasteiger partial charge in [-0.2, -0.15) is 5.53 Å². The quantitative estimate of drug-likeness (QED) is 0.208. The summed E-state index contributed by atoms with van der Waals surface area (Å²) in [7, 11) is 0. The number of hydrazine groups is 2. The van der Waals surface area contributed by atoms with Crippen molar-refractivity contribution in [1.82, 2.24) is 11.0 Å². The van der Waals surface area contributed by atoms with Crippen LogP contribution in [0.1, 0.15) is 18.4 Å². The summed E-state index contributed by atoms with van der Waals surface area (Å²) in [6.45, 7) is 0.184. The zero-order chi connectivity index (χ0) is 11.1. The summed E-state index contributed by atoms with van der Waals surface area (Å²) in [4.78, 5) is 0. The van der Waals surface area contributed by atoms with Crippen molar-refractivity contribution in [2.45, 2.75) is 16.4 Å². The van der Waals surface area contributed by atoms with Crippen LogP contribution in [0.3, 0.4) is 0 Å². The van der Waals surface area contributed by atoms with E-state index in [-0.39, 0.29) is 10.2 Å². The molecule has 1 unspecified atom stereocenters. The first-order valence-electron chi connectivity index (χ1n) is 4.81. The lowest BCUT2D eigenvalue weighted by molar-refractivity contribution is 0.268. The molecule has 0 radical (unpaired) electrons. The lowest BCUT2D eigenvalue weighted by atomic mass is 10.0. The molecule has 1 rings (SSSR count). The molecule has 84 valence electrons. The molecule has 0 saturated carbocycles. The van der Waals surface area contributed by atoms with Crippen molar-refractivity contribution in [3.63, 3.8) is 0 Å². The van der Waals surface area contributed by atoms with E-state index in [0.717, 1.165) is 18.4 Å². The minimum absolute atomic E-state index is 0.184. The van der Waals surface area contributed by atoms with E-state index in [1.165, 1.54) is 0 Å². The van der Waals surface area contributed by atoms with Crippen LogP contribution in [0, 0.1) is 0 Å². The molecule has 1 aromatic rings. The molecule has 15 heavy (non-hydrogen) atoms. The van der Waals surface area contributed by atoms with Crippen molar-refractivity contribution in [2.24, 2.45) is 5.84 Å². The molecule has 0 aliphatic carbocycles. The molecule has 0 aromatic heterocycles. The predicted octanol–water partition coefficient (Wildman–Crippen LogP) is 1.01. The highest BCUT2D eigenvalue weighted by Crippen LogP contribution is 2.32. The van der Waals surface area contributed by atoms with E-state index in [9.17, 15) is 0 Å². The summed E-state index contributed by atoms with van der Waals surface area (Å²) in [5, 5.41) is 8.86. The van der Waals surface area contributed by atoms with Crippen molar-refractivity contribution in [3.8, 4) is 0 Å². The topological polar surface area (TPSA) is 70.3 Å². The van der Waals surface area contributed by atoms with E-state index >= 15 is 0 Å². The van der Waals surface area contributed by atoms with Crippen LogP contribution in [0.2, 0.25) is 0 Å². The van der Waals surface area contributed by atoms with Gasteiger partial charge >= 0.3 is 0 Å². The van der Waals surface area contributed by atoms with Gasteiger partial charge in [-0.3, -0.25) is 5.84 Å². The van der Waals surface area contributed by atoms with Crippen LogP contribution < -0.4 is 16.8 Å². The Kier molecular flexibility index (Phi) is 5.48. The van der Waals surface area contributed by atoms with Gasteiger partial charge in [0.2, 0.25) is 0 Å². The van der Waals surface area contributed by atoms with Crippen molar-refractivity contribution in [2.75, 3.05) is 6.61 Å². The van der Waals surface area contributed by atoms with Crippen LogP contribution in [0.5, 0.6) is 0 Å². The molecule has 0 saturated heterocycles. The molecule has 0 spiro atoms. The second-order valence-corrected chi connectivity index (χ2v) is 5.11. The van der Waals surface area contributed by atoms with Crippen LogP contribution in [-0.2, 0) is 3.55 Å². The van der Waals surface area contributed by atoms with Gasteiger partial charge in [-0.25, -0.2) is 5.43 Å². The lowest BCUT2D eigenvalue weighted by Gasteiger charge is -2.28. The second-order valence-electron chi connectivity index (χ2n) is 3.26. The fourth-order valence-electron chi connectivity index (χ4n) is 1.42. The number of halogens is 1. The van der Waals surface area contributed by atoms with E-state index in [1.54, 1.807) is 0 Å². The Morgan fingerprint density at radius 1 is 1.33 bits per heavy atom. The van der Waals surface area contributed by atoms with Gasteiger partial charge in [-0.05, 0) is 18.4 Å². The summed E-state index contributed by atoms with van der Waals surface area (Å²) in [5.74, 6) is 5.30. The molecule has 0 fully saturated rings. The van der Waals surface area contributed by atoms with E-state index in [1.807, 2.05) is 30.3 Å². The molecule has 4 nitrogen and oxygen atoms in total. The third-order valence-electron chi connectivity index (χ3n) is 2.18. The molecule has 5 heteroatoms. The maximum absolute atomic E-state index is 8.86. The number of hydrogen-bond acceptors (Lipinski definition) is 4. The highest BCUT2D eigenvalue weighted by Gasteiger charge is 2.27. The minimum Gasteiger partial charge on any atom is -0.396 e. The van der Waals surface area contributed by atoms with Gasteiger partial charge in [0.1, 0.15) is 3.55 Å². The van der Waals surface area contributed by atoms with Crippen LogP contribution in [0.25, 0.3) is 0 Å². The SMILES string of the molecule is NNNC(I)(CCCO)c1ccccc1. The standard InChI is InChI=1S/C10H16IN3O/c11-10(13-14-12,7-4-8-15)9-5-2-1-3-6-9/h1-3,5-6,13-15H,4,7-8,12H2. The monoisotopic (exact) mass is 321 g/mol. The average molecular weight is 321 g/mol. The number of hydrogen-bond donors (Lipinski definition) is 4. The first-order valence-corrected chi connectivity index (χ1v) is 5.89. The number of aliphatic hydroxyl groups is 1. The van der Waals surface area contributed by atoms with Gasteiger partial charge in [0, 0.05) is 6.61 Å². The molecule has 0 heterocycles. The van der Waals surface area contributed by atoms with Crippen LogP contribution >= 0.6 is 22.6 Å². The molecule has 0 aliphatic heterocycles. The summed E-state index contributed by atoms with van der Waals surface area (Å²) >= 11 is 2.30. The van der Waals surface area contributed by atoms with E-state index < -0.39 is 0 Å². The molecule has 0 aliphatic rings. The number of nitrogens with one attached hydrogen (secondary N) is 2. The first-order chi connectivity index (χ1) is 7.23. The summed E-state index contributed by atoms with van der Waals surface area (Å²) in [6.07, 6.45) is 1.53. The van der Waals surface area contributed by atoms with E-state index in [0.29, 0.717) is 0 Å². The Hall–Kier alpha value is -0.210. The van der Waals surface area contributed by atoms with Crippen LogP contribution in [-0.4, -0.2) is 11.7 Å². The van der Waals surface area contributed by atoms with Gasteiger partial charge in [0.25, 0.3) is 0 Å². The number of rotatable bonds is 6. The smallest absolute Gasteiger partial charge is 0.110 e. The summed E-state index contributed by atoms with van der Waals surface area (Å²) in [6, 6.07) is 10.0. The molecule has 5 N–H and O–H groups in total. The Balaban J connectivity index is 2.80. The molecular weight excluding hydrogens is 305 g/mol. The Labute approximate surface area is 103 Å². The number of nitrogens with two attached hydrogens (primary N) is 1. The maximum Gasteiger partial charge on any atom is 0.110 e. The fourth-order valence-corrected chi connectivity index (χ4v) is 2.32. The zero-order valence-corrected chi connectivity index (χ0v) is 10.6. The molecule has 0 bridgehead atoms. The summed E-state index contributed by atoms with van der Waals surface area (Å²) < 4.78 is -0.281. The predicted molar refractivity (Wildman–Crippen MR) is 68.9 cm³/mol. The van der Waals surface area contributed by atoms with Gasteiger partial charge in [-0.15, -0.1) is 0 Å². The van der Waals surface area contributed by atoms with Crippen molar-refractivity contribution in [3.05, 3.63) is 35.9 Å². The van der Waals surface area contributed by atoms with E-state index in [2.05, 4.69) is 33.6 Å². The average Bonchev–Trinajstić information content (AvgIpc) is 2.28. The lowest BCUT2D eigenvalue weighted by Crippen LogP contribution is -2.49. The Morgan fingerprint density at radius 3 is 2.53 bits per heavy atom. The van der Waals surface area contributed by atoms with Crippen LogP contribution in [0.4, 0.5) is 0 Å². The Morgan fingerprint density at radius 2 is 2.00 bits per heavy atom. The Bertz CT molecular complexity index is 283. The molecule has 0 amide bonds. The normalized spacial score (nSPS) is 14.9. The van der Waals surface area contributed by atoms with Gasteiger partial charge in [-0.1, -0.05) is 52.9 Å². The van der Waals surface area contributed by atoms with Crippen molar-refractivity contribution < 1.29 is 5.11 Å². The molecule has 1 aromatic carbocycles. The third kappa shape index (κ3) is 3.69. The summed E-state index contributed by atoms with van der Waals surface area (Å²) in [5.41, 5.74) is 6.63. The molecular formula is C10H16IN3O. The van der Waals surface area contributed by atoms with Crippen LogP contribution in [0.15, 0.2) is 30.3 Å². The second kappa shape index (κ2) is 6.39.